The Labute approximate surface area is 149 Å². The molecule has 140 valence electrons. The van der Waals surface area contributed by atoms with Gasteiger partial charge in [0.15, 0.2) is 0 Å². The summed E-state index contributed by atoms with van der Waals surface area (Å²) >= 11 is 0. The summed E-state index contributed by atoms with van der Waals surface area (Å²) in [4.78, 5) is 12.0. The molecule has 0 heterocycles. The fourth-order valence-electron chi connectivity index (χ4n) is 2.19. The lowest BCUT2D eigenvalue weighted by molar-refractivity contribution is -0.137. The van der Waals surface area contributed by atoms with E-state index in [1.807, 2.05) is 6.92 Å². The normalized spacial score (nSPS) is 12.0. The van der Waals surface area contributed by atoms with Gasteiger partial charge in [0.1, 0.15) is 0 Å². The highest BCUT2D eigenvalue weighted by atomic mass is 32.2. The first-order valence-electron chi connectivity index (χ1n) is 7.62. The number of benzene rings is 2. The van der Waals surface area contributed by atoms with E-state index < -0.39 is 33.2 Å². The van der Waals surface area contributed by atoms with Gasteiger partial charge in [-0.05, 0) is 31.2 Å². The highest BCUT2D eigenvalue weighted by Gasteiger charge is 2.34. The molecular formula is C17H17F3N2O3S. The van der Waals surface area contributed by atoms with Crippen molar-refractivity contribution in [1.82, 2.24) is 10.0 Å². The van der Waals surface area contributed by atoms with Gasteiger partial charge < -0.3 is 5.32 Å². The van der Waals surface area contributed by atoms with Crippen LogP contribution >= 0.6 is 0 Å². The molecule has 0 saturated heterocycles. The third kappa shape index (κ3) is 5.06. The van der Waals surface area contributed by atoms with Gasteiger partial charge in [-0.3, -0.25) is 4.79 Å². The molecule has 0 unspecified atom stereocenters. The summed E-state index contributed by atoms with van der Waals surface area (Å²) in [7, 11) is -3.75. The maximum atomic E-state index is 12.9. The van der Waals surface area contributed by atoms with Crippen LogP contribution in [0.3, 0.4) is 0 Å². The Hall–Kier alpha value is -2.39. The first-order chi connectivity index (χ1) is 12.1. The SMILES string of the molecule is Cc1ccc(S(=O)(=O)NCCNC(=O)c2ccccc2C(F)(F)F)cc1. The highest BCUT2D eigenvalue weighted by Crippen LogP contribution is 2.31. The van der Waals surface area contributed by atoms with Gasteiger partial charge in [-0.15, -0.1) is 0 Å². The Bertz CT molecular complexity index is 879. The molecule has 2 N–H and O–H groups in total. The number of carbonyl (C=O) groups is 1. The van der Waals surface area contributed by atoms with Crippen molar-refractivity contribution in [2.45, 2.75) is 18.0 Å². The van der Waals surface area contributed by atoms with E-state index in [-0.39, 0.29) is 18.0 Å². The lowest BCUT2D eigenvalue weighted by Gasteiger charge is -2.13. The minimum atomic E-state index is -4.65. The van der Waals surface area contributed by atoms with Crippen LogP contribution in [0.15, 0.2) is 53.4 Å². The van der Waals surface area contributed by atoms with Crippen molar-refractivity contribution in [2.75, 3.05) is 13.1 Å². The van der Waals surface area contributed by atoms with Crippen molar-refractivity contribution in [3.63, 3.8) is 0 Å². The van der Waals surface area contributed by atoms with Crippen LogP contribution in [0.4, 0.5) is 13.2 Å². The predicted octanol–water partition coefficient (Wildman–Crippen LogP) is 2.72. The number of amides is 1. The monoisotopic (exact) mass is 386 g/mol. The first-order valence-corrected chi connectivity index (χ1v) is 9.10. The number of aryl methyl sites for hydroxylation is 1. The van der Waals surface area contributed by atoms with E-state index in [9.17, 15) is 26.4 Å². The third-order valence-corrected chi connectivity index (χ3v) is 4.99. The van der Waals surface area contributed by atoms with Crippen molar-refractivity contribution < 1.29 is 26.4 Å². The number of hydrogen-bond acceptors (Lipinski definition) is 3. The van der Waals surface area contributed by atoms with E-state index in [4.69, 9.17) is 0 Å². The van der Waals surface area contributed by atoms with Crippen LogP contribution in [0.5, 0.6) is 0 Å². The molecule has 0 bridgehead atoms. The molecule has 5 nitrogen and oxygen atoms in total. The molecule has 26 heavy (non-hydrogen) atoms. The number of sulfonamides is 1. The Balaban J connectivity index is 1.94. The molecule has 0 radical (unpaired) electrons. The van der Waals surface area contributed by atoms with Gasteiger partial charge in [0, 0.05) is 13.1 Å². The summed E-state index contributed by atoms with van der Waals surface area (Å²) < 4.78 is 65.1. The Morgan fingerprint density at radius 2 is 1.62 bits per heavy atom. The lowest BCUT2D eigenvalue weighted by atomic mass is 10.1. The number of carbonyl (C=O) groups excluding carboxylic acids is 1. The van der Waals surface area contributed by atoms with Crippen molar-refractivity contribution in [2.24, 2.45) is 0 Å². The van der Waals surface area contributed by atoms with Crippen molar-refractivity contribution in [1.29, 1.82) is 0 Å². The standard InChI is InChI=1S/C17H17F3N2O3S/c1-12-6-8-13(9-7-12)26(24,25)22-11-10-21-16(23)14-4-2-3-5-15(14)17(18,19)20/h2-9,22H,10-11H2,1H3,(H,21,23). The van der Waals surface area contributed by atoms with E-state index in [1.54, 1.807) is 12.1 Å². The largest absolute Gasteiger partial charge is 0.417 e. The zero-order chi connectivity index (χ0) is 19.4. The Kier molecular flexibility index (Phi) is 6.04. The minimum Gasteiger partial charge on any atom is -0.351 e. The minimum absolute atomic E-state index is 0.0665. The molecule has 0 aliphatic heterocycles. The summed E-state index contributed by atoms with van der Waals surface area (Å²) in [5.41, 5.74) is -0.654. The average molecular weight is 386 g/mol. The van der Waals surface area contributed by atoms with Crippen LogP contribution in [-0.4, -0.2) is 27.4 Å². The molecular weight excluding hydrogens is 369 g/mol. The van der Waals surface area contributed by atoms with E-state index in [0.29, 0.717) is 0 Å². The maximum Gasteiger partial charge on any atom is 0.417 e. The summed E-state index contributed by atoms with van der Waals surface area (Å²) in [6.07, 6.45) is -4.65. The van der Waals surface area contributed by atoms with Gasteiger partial charge in [0.25, 0.3) is 5.91 Å². The van der Waals surface area contributed by atoms with Gasteiger partial charge in [-0.2, -0.15) is 13.2 Å². The molecule has 0 aliphatic carbocycles. The maximum absolute atomic E-state index is 12.9. The second-order valence-corrected chi connectivity index (χ2v) is 7.28. The van der Waals surface area contributed by atoms with Gasteiger partial charge >= 0.3 is 6.18 Å². The molecule has 0 spiro atoms. The van der Waals surface area contributed by atoms with Crippen LogP contribution < -0.4 is 10.0 Å². The van der Waals surface area contributed by atoms with Crippen LogP contribution in [-0.2, 0) is 16.2 Å². The van der Waals surface area contributed by atoms with E-state index in [1.165, 1.54) is 24.3 Å². The zero-order valence-electron chi connectivity index (χ0n) is 13.8. The Morgan fingerprint density at radius 3 is 2.23 bits per heavy atom. The fraction of sp³-hybridized carbons (Fsp3) is 0.235. The number of hydrogen-bond donors (Lipinski definition) is 2. The predicted molar refractivity (Wildman–Crippen MR) is 90.1 cm³/mol. The molecule has 0 aromatic heterocycles. The number of nitrogens with one attached hydrogen (secondary N) is 2. The van der Waals surface area contributed by atoms with Crippen molar-refractivity contribution >= 4 is 15.9 Å². The average Bonchev–Trinajstić information content (AvgIpc) is 2.58. The molecule has 1 amide bonds. The molecule has 0 fully saturated rings. The smallest absolute Gasteiger partial charge is 0.351 e. The molecule has 9 heteroatoms. The molecule has 2 aromatic rings. The molecule has 0 atom stereocenters. The molecule has 0 saturated carbocycles. The summed E-state index contributed by atoms with van der Waals surface area (Å²) in [6.45, 7) is 1.50. The Morgan fingerprint density at radius 1 is 1.00 bits per heavy atom. The highest BCUT2D eigenvalue weighted by molar-refractivity contribution is 7.89. The van der Waals surface area contributed by atoms with Crippen molar-refractivity contribution in [3.8, 4) is 0 Å². The zero-order valence-corrected chi connectivity index (χ0v) is 14.6. The third-order valence-electron chi connectivity index (χ3n) is 3.51. The summed E-state index contributed by atoms with van der Waals surface area (Å²) in [5.74, 6) is -0.924. The lowest BCUT2D eigenvalue weighted by Crippen LogP contribution is -2.35. The van der Waals surface area contributed by atoms with Gasteiger partial charge in [-0.1, -0.05) is 29.8 Å². The van der Waals surface area contributed by atoms with E-state index >= 15 is 0 Å². The van der Waals surface area contributed by atoms with Crippen molar-refractivity contribution in [3.05, 3.63) is 65.2 Å². The van der Waals surface area contributed by atoms with Crippen LogP contribution in [0, 0.1) is 6.92 Å². The van der Waals surface area contributed by atoms with E-state index in [2.05, 4.69) is 10.0 Å². The van der Waals surface area contributed by atoms with Gasteiger partial charge in [-0.25, -0.2) is 13.1 Å². The topological polar surface area (TPSA) is 75.3 Å². The molecule has 2 rings (SSSR count). The molecule has 0 aliphatic rings. The van der Waals surface area contributed by atoms with Crippen LogP contribution in [0.2, 0.25) is 0 Å². The number of alkyl halides is 3. The quantitative estimate of drug-likeness (QED) is 0.750. The summed E-state index contributed by atoms with van der Waals surface area (Å²) in [5, 5.41) is 2.28. The first kappa shape index (κ1) is 19.9. The second-order valence-electron chi connectivity index (χ2n) is 5.51. The summed E-state index contributed by atoms with van der Waals surface area (Å²) in [6, 6.07) is 10.6. The molecule has 2 aromatic carbocycles. The number of rotatable bonds is 6. The van der Waals surface area contributed by atoms with Gasteiger partial charge in [0.2, 0.25) is 10.0 Å². The van der Waals surface area contributed by atoms with E-state index in [0.717, 1.165) is 17.7 Å². The van der Waals surface area contributed by atoms with Crippen LogP contribution in [0.25, 0.3) is 0 Å². The van der Waals surface area contributed by atoms with Gasteiger partial charge in [0.05, 0.1) is 16.0 Å². The van der Waals surface area contributed by atoms with Crippen LogP contribution in [0.1, 0.15) is 21.5 Å². The second kappa shape index (κ2) is 7.88. The fourth-order valence-corrected chi connectivity index (χ4v) is 3.22. The number of halogens is 3.